The average molecular weight is 237 g/mol. The first-order chi connectivity index (χ1) is 8.68. The minimum atomic E-state index is 0.137. The molecule has 90 valence electrons. The fourth-order valence-corrected chi connectivity index (χ4v) is 2.62. The van der Waals surface area contributed by atoms with Gasteiger partial charge in [-0.2, -0.15) is 0 Å². The highest BCUT2D eigenvalue weighted by atomic mass is 16.2. The van der Waals surface area contributed by atoms with Crippen LogP contribution >= 0.6 is 0 Å². The molecule has 0 aromatic heterocycles. The third kappa shape index (κ3) is 1.53. The largest absolute Gasteiger partial charge is 0.338 e. The highest BCUT2D eigenvalue weighted by Crippen LogP contribution is 2.31. The van der Waals surface area contributed by atoms with Gasteiger partial charge in [0.15, 0.2) is 0 Å². The van der Waals surface area contributed by atoms with Crippen LogP contribution in [-0.4, -0.2) is 24.4 Å². The van der Waals surface area contributed by atoms with Crippen molar-refractivity contribution in [2.75, 3.05) is 13.6 Å². The Morgan fingerprint density at radius 3 is 2.50 bits per heavy atom. The van der Waals surface area contributed by atoms with Gasteiger partial charge in [0.1, 0.15) is 0 Å². The molecule has 0 aliphatic carbocycles. The highest BCUT2D eigenvalue weighted by Gasteiger charge is 2.25. The normalized spacial score (nSPS) is 15.9. The monoisotopic (exact) mass is 237 g/mol. The lowest BCUT2D eigenvalue weighted by atomic mass is 9.96. The van der Waals surface area contributed by atoms with Crippen LogP contribution < -0.4 is 0 Å². The fraction of sp³-hybridized carbons (Fsp3) is 0.188. The molecule has 1 aliphatic heterocycles. The van der Waals surface area contributed by atoms with E-state index in [0.717, 1.165) is 11.1 Å². The summed E-state index contributed by atoms with van der Waals surface area (Å²) in [6, 6.07) is 14.6. The number of amides is 1. The van der Waals surface area contributed by atoms with Gasteiger partial charge in [-0.15, -0.1) is 0 Å². The van der Waals surface area contributed by atoms with Crippen molar-refractivity contribution in [3.8, 4) is 0 Å². The first-order valence-electron chi connectivity index (χ1n) is 6.12. The minimum Gasteiger partial charge on any atom is -0.338 e. The van der Waals surface area contributed by atoms with Crippen molar-refractivity contribution in [2.45, 2.75) is 6.92 Å². The summed E-state index contributed by atoms with van der Waals surface area (Å²) in [7, 11) is 1.85. The summed E-state index contributed by atoms with van der Waals surface area (Å²) < 4.78 is 0. The number of rotatable bonds is 1. The lowest BCUT2D eigenvalue weighted by Crippen LogP contribution is -2.21. The van der Waals surface area contributed by atoms with Gasteiger partial charge in [0.05, 0.1) is 0 Å². The zero-order valence-electron chi connectivity index (χ0n) is 10.6. The number of carbonyl (C=O) groups is 1. The van der Waals surface area contributed by atoms with Crippen LogP contribution in [0.3, 0.4) is 0 Å². The third-order valence-corrected chi connectivity index (χ3v) is 3.63. The number of nitrogens with zero attached hydrogens (tertiary/aromatic N) is 1. The molecule has 0 radical (unpaired) electrons. The Morgan fingerprint density at radius 2 is 1.78 bits per heavy atom. The highest BCUT2D eigenvalue weighted by molar-refractivity contribution is 6.08. The Balaban J connectivity index is 2.25. The van der Waals surface area contributed by atoms with Crippen LogP contribution in [0.5, 0.6) is 0 Å². The molecule has 0 unspecified atom stereocenters. The number of hydrogen-bond acceptors (Lipinski definition) is 1. The summed E-state index contributed by atoms with van der Waals surface area (Å²) >= 11 is 0. The summed E-state index contributed by atoms with van der Waals surface area (Å²) in [5.41, 5.74) is 3.21. The van der Waals surface area contributed by atoms with E-state index in [4.69, 9.17) is 0 Å². The van der Waals surface area contributed by atoms with Crippen molar-refractivity contribution in [1.29, 1.82) is 0 Å². The Labute approximate surface area is 107 Å². The summed E-state index contributed by atoms with van der Waals surface area (Å²) in [4.78, 5) is 13.7. The molecule has 2 aromatic carbocycles. The molecule has 1 aliphatic rings. The van der Waals surface area contributed by atoms with Crippen LogP contribution in [-0.2, 0) is 4.79 Å². The molecule has 2 heteroatoms. The van der Waals surface area contributed by atoms with E-state index in [9.17, 15) is 4.79 Å². The van der Waals surface area contributed by atoms with E-state index in [1.807, 2.05) is 26.1 Å². The van der Waals surface area contributed by atoms with Gasteiger partial charge >= 0.3 is 0 Å². The molecule has 0 N–H and O–H groups in total. The van der Waals surface area contributed by atoms with Crippen LogP contribution in [0, 0.1) is 0 Å². The molecule has 0 bridgehead atoms. The van der Waals surface area contributed by atoms with E-state index in [1.54, 1.807) is 4.90 Å². The van der Waals surface area contributed by atoms with Gasteiger partial charge in [-0.3, -0.25) is 4.79 Å². The summed E-state index contributed by atoms with van der Waals surface area (Å²) in [6.07, 6.45) is 0. The second-order valence-corrected chi connectivity index (χ2v) is 4.79. The van der Waals surface area contributed by atoms with Gasteiger partial charge in [-0.1, -0.05) is 42.5 Å². The minimum absolute atomic E-state index is 0.137. The molecular formula is C16H15NO. The van der Waals surface area contributed by atoms with E-state index >= 15 is 0 Å². The quantitative estimate of drug-likeness (QED) is 0.746. The second-order valence-electron chi connectivity index (χ2n) is 4.79. The van der Waals surface area contributed by atoms with Crippen LogP contribution in [0.1, 0.15) is 12.5 Å². The SMILES string of the molecule is CC1=C(c2cccc3ccccc23)CN(C)C1=O. The zero-order chi connectivity index (χ0) is 12.7. The lowest BCUT2D eigenvalue weighted by molar-refractivity contribution is -0.124. The molecule has 0 saturated carbocycles. The Kier molecular flexibility index (Phi) is 2.44. The fourth-order valence-electron chi connectivity index (χ4n) is 2.62. The van der Waals surface area contributed by atoms with E-state index in [1.165, 1.54) is 16.3 Å². The molecule has 0 atom stereocenters. The molecule has 1 heterocycles. The van der Waals surface area contributed by atoms with Gasteiger partial charge in [0.25, 0.3) is 0 Å². The molecule has 18 heavy (non-hydrogen) atoms. The van der Waals surface area contributed by atoms with Crippen LogP contribution in [0.15, 0.2) is 48.0 Å². The third-order valence-electron chi connectivity index (χ3n) is 3.63. The Bertz CT molecular complexity index is 664. The summed E-state index contributed by atoms with van der Waals surface area (Å²) in [6.45, 7) is 2.63. The molecular weight excluding hydrogens is 222 g/mol. The number of hydrogen-bond donors (Lipinski definition) is 0. The topological polar surface area (TPSA) is 20.3 Å². The maximum atomic E-state index is 11.9. The van der Waals surface area contributed by atoms with Crippen molar-refractivity contribution in [3.63, 3.8) is 0 Å². The van der Waals surface area contributed by atoms with Gasteiger partial charge in [0.2, 0.25) is 5.91 Å². The standard InChI is InChI=1S/C16H15NO/c1-11-15(10-17(2)16(11)18)14-9-5-7-12-6-3-4-8-13(12)14/h3-9H,10H2,1-2H3. The van der Waals surface area contributed by atoms with E-state index < -0.39 is 0 Å². The second kappa shape index (κ2) is 3.98. The molecule has 2 nitrogen and oxygen atoms in total. The van der Waals surface area contributed by atoms with Gasteiger partial charge in [0, 0.05) is 19.2 Å². The molecule has 2 aromatic rings. The van der Waals surface area contributed by atoms with Crippen molar-refractivity contribution >= 4 is 22.3 Å². The maximum absolute atomic E-state index is 11.9. The van der Waals surface area contributed by atoms with E-state index in [0.29, 0.717) is 6.54 Å². The van der Waals surface area contributed by atoms with Gasteiger partial charge in [-0.05, 0) is 28.8 Å². The first kappa shape index (κ1) is 11.0. The molecule has 0 spiro atoms. The molecule has 0 fully saturated rings. The van der Waals surface area contributed by atoms with Crippen LogP contribution in [0.25, 0.3) is 16.3 Å². The lowest BCUT2D eigenvalue weighted by Gasteiger charge is -2.10. The van der Waals surface area contributed by atoms with Crippen molar-refractivity contribution in [2.24, 2.45) is 0 Å². The average Bonchev–Trinajstić information content (AvgIpc) is 2.66. The van der Waals surface area contributed by atoms with Gasteiger partial charge in [-0.25, -0.2) is 0 Å². The number of benzene rings is 2. The number of carbonyl (C=O) groups excluding carboxylic acids is 1. The Morgan fingerprint density at radius 1 is 1.06 bits per heavy atom. The molecule has 3 rings (SSSR count). The molecule has 0 saturated heterocycles. The number of likely N-dealkylation sites (N-methyl/N-ethyl adjacent to an activating group) is 1. The van der Waals surface area contributed by atoms with E-state index in [-0.39, 0.29) is 5.91 Å². The smallest absolute Gasteiger partial charge is 0.249 e. The number of fused-ring (bicyclic) bond motifs is 1. The van der Waals surface area contributed by atoms with Crippen molar-refractivity contribution in [1.82, 2.24) is 4.90 Å². The summed E-state index contributed by atoms with van der Waals surface area (Å²) in [5, 5.41) is 2.44. The van der Waals surface area contributed by atoms with Gasteiger partial charge < -0.3 is 4.90 Å². The maximum Gasteiger partial charge on any atom is 0.249 e. The van der Waals surface area contributed by atoms with Crippen molar-refractivity contribution in [3.05, 3.63) is 53.6 Å². The van der Waals surface area contributed by atoms with Crippen LogP contribution in [0.4, 0.5) is 0 Å². The van der Waals surface area contributed by atoms with Crippen LogP contribution in [0.2, 0.25) is 0 Å². The predicted octanol–water partition coefficient (Wildman–Crippen LogP) is 3.09. The predicted molar refractivity (Wildman–Crippen MR) is 74.2 cm³/mol. The Hall–Kier alpha value is -2.09. The summed E-state index contributed by atoms with van der Waals surface area (Å²) in [5.74, 6) is 0.137. The van der Waals surface area contributed by atoms with Crippen molar-refractivity contribution < 1.29 is 4.79 Å². The van der Waals surface area contributed by atoms with E-state index in [2.05, 4.69) is 30.3 Å². The molecule has 1 amide bonds. The first-order valence-corrected chi connectivity index (χ1v) is 6.12. The zero-order valence-corrected chi connectivity index (χ0v) is 10.6.